The van der Waals surface area contributed by atoms with Crippen molar-refractivity contribution in [3.05, 3.63) is 77.1 Å². The Bertz CT molecular complexity index is 1360. The van der Waals surface area contributed by atoms with Crippen molar-refractivity contribution in [2.24, 2.45) is 0 Å². The van der Waals surface area contributed by atoms with E-state index in [1.807, 2.05) is 0 Å². The third-order valence-corrected chi connectivity index (χ3v) is 4.92. The van der Waals surface area contributed by atoms with Gasteiger partial charge >= 0.3 is 0 Å². The standard InChI is InChI=1S/C22H14F3N3O4/c23-15-3-4-16(24)20(25)14(15)9-30-12-2-5-17-13(8-12)21(28-27-17)26-22(29)11-1-6-18-19(7-11)32-10-31-18/h1-8H,9-10H2,(H2,26,27,28,29). The van der Waals surface area contributed by atoms with Gasteiger partial charge in [0.05, 0.1) is 11.1 Å². The number of aromatic nitrogens is 2. The molecule has 1 amide bonds. The van der Waals surface area contributed by atoms with Gasteiger partial charge in [0, 0.05) is 10.9 Å². The molecule has 3 aromatic carbocycles. The summed E-state index contributed by atoms with van der Waals surface area (Å²) in [5, 5.41) is 10.1. The number of aromatic amines is 1. The number of hydrogen-bond acceptors (Lipinski definition) is 5. The Morgan fingerprint density at radius 2 is 1.84 bits per heavy atom. The van der Waals surface area contributed by atoms with Crippen LogP contribution in [0.4, 0.5) is 19.0 Å². The Kier molecular flexibility index (Phi) is 4.81. The predicted octanol–water partition coefficient (Wildman–Crippen LogP) is 4.54. The van der Waals surface area contributed by atoms with Crippen molar-refractivity contribution in [2.75, 3.05) is 12.1 Å². The minimum atomic E-state index is -1.30. The van der Waals surface area contributed by atoms with Gasteiger partial charge in [0.1, 0.15) is 18.2 Å². The quantitative estimate of drug-likeness (QED) is 0.444. The van der Waals surface area contributed by atoms with Crippen molar-refractivity contribution >= 4 is 22.6 Å². The summed E-state index contributed by atoms with van der Waals surface area (Å²) in [6, 6.07) is 11.1. The summed E-state index contributed by atoms with van der Waals surface area (Å²) in [5.74, 6) is -2.29. The second kappa shape index (κ2) is 7.80. The zero-order chi connectivity index (χ0) is 22.2. The molecule has 10 heteroatoms. The van der Waals surface area contributed by atoms with Crippen molar-refractivity contribution in [3.63, 3.8) is 0 Å². The molecule has 0 spiro atoms. The normalized spacial score (nSPS) is 12.2. The number of nitrogens with one attached hydrogen (secondary N) is 2. The van der Waals surface area contributed by atoms with E-state index in [0.717, 1.165) is 6.07 Å². The van der Waals surface area contributed by atoms with Crippen LogP contribution >= 0.6 is 0 Å². The minimum Gasteiger partial charge on any atom is -0.489 e. The van der Waals surface area contributed by atoms with Crippen LogP contribution in [-0.4, -0.2) is 22.9 Å². The van der Waals surface area contributed by atoms with Gasteiger partial charge in [-0.25, -0.2) is 13.2 Å². The minimum absolute atomic E-state index is 0.0939. The second-order valence-electron chi connectivity index (χ2n) is 6.91. The zero-order valence-corrected chi connectivity index (χ0v) is 16.2. The summed E-state index contributed by atoms with van der Waals surface area (Å²) in [4.78, 5) is 12.6. The highest BCUT2D eigenvalue weighted by atomic mass is 19.2. The van der Waals surface area contributed by atoms with Gasteiger partial charge in [-0.2, -0.15) is 5.10 Å². The van der Waals surface area contributed by atoms with E-state index in [4.69, 9.17) is 14.2 Å². The smallest absolute Gasteiger partial charge is 0.257 e. The van der Waals surface area contributed by atoms with E-state index < -0.39 is 35.5 Å². The monoisotopic (exact) mass is 441 g/mol. The second-order valence-corrected chi connectivity index (χ2v) is 6.91. The lowest BCUT2D eigenvalue weighted by atomic mass is 10.2. The van der Waals surface area contributed by atoms with Crippen LogP contribution in [0, 0.1) is 17.5 Å². The number of amides is 1. The number of H-pyrrole nitrogens is 1. The Labute approximate surface area is 178 Å². The number of hydrogen-bond donors (Lipinski definition) is 2. The van der Waals surface area contributed by atoms with Crippen LogP contribution in [0.5, 0.6) is 17.2 Å². The number of nitrogens with zero attached hydrogens (tertiary/aromatic N) is 1. The van der Waals surface area contributed by atoms with Crippen LogP contribution in [0.3, 0.4) is 0 Å². The summed E-state index contributed by atoms with van der Waals surface area (Å²) < 4.78 is 57.0. The predicted molar refractivity (Wildman–Crippen MR) is 107 cm³/mol. The summed E-state index contributed by atoms with van der Waals surface area (Å²) in [6.07, 6.45) is 0. The molecule has 162 valence electrons. The van der Waals surface area contributed by atoms with Gasteiger partial charge in [0.2, 0.25) is 6.79 Å². The molecular formula is C22H14F3N3O4. The first-order chi connectivity index (χ1) is 15.5. The molecule has 1 aromatic heterocycles. The van der Waals surface area contributed by atoms with Gasteiger partial charge in [-0.3, -0.25) is 9.89 Å². The van der Waals surface area contributed by atoms with Crippen LogP contribution in [0.2, 0.25) is 0 Å². The first kappa shape index (κ1) is 19.7. The average molecular weight is 441 g/mol. The topological polar surface area (TPSA) is 85.5 Å². The highest BCUT2D eigenvalue weighted by Gasteiger charge is 2.18. The number of fused-ring (bicyclic) bond motifs is 2. The van der Waals surface area contributed by atoms with E-state index >= 15 is 0 Å². The van der Waals surface area contributed by atoms with E-state index in [1.54, 1.807) is 36.4 Å². The van der Waals surface area contributed by atoms with E-state index in [-0.39, 0.29) is 18.4 Å². The maximum atomic E-state index is 13.8. The SMILES string of the molecule is O=C(Nc1n[nH]c2ccc(OCc3c(F)ccc(F)c3F)cc12)c1ccc2c(c1)OCO2. The van der Waals surface area contributed by atoms with Gasteiger partial charge in [0.15, 0.2) is 29.0 Å². The largest absolute Gasteiger partial charge is 0.489 e. The fourth-order valence-electron chi connectivity index (χ4n) is 3.25. The van der Waals surface area contributed by atoms with Crippen LogP contribution in [-0.2, 0) is 6.61 Å². The molecular weight excluding hydrogens is 427 g/mol. The Morgan fingerprint density at radius 1 is 1.03 bits per heavy atom. The molecule has 0 aliphatic carbocycles. The van der Waals surface area contributed by atoms with Gasteiger partial charge in [-0.1, -0.05) is 0 Å². The fourth-order valence-corrected chi connectivity index (χ4v) is 3.25. The molecule has 0 atom stereocenters. The Hall–Kier alpha value is -4.21. The number of rotatable bonds is 5. The van der Waals surface area contributed by atoms with Gasteiger partial charge in [-0.05, 0) is 48.5 Å². The maximum Gasteiger partial charge on any atom is 0.257 e. The van der Waals surface area contributed by atoms with E-state index in [1.165, 1.54) is 0 Å². The molecule has 0 fully saturated rings. The lowest BCUT2D eigenvalue weighted by Crippen LogP contribution is -2.12. The van der Waals surface area contributed by atoms with Crippen LogP contribution in [0.1, 0.15) is 15.9 Å². The molecule has 0 saturated carbocycles. The number of halogens is 3. The zero-order valence-electron chi connectivity index (χ0n) is 16.2. The third kappa shape index (κ3) is 3.55. The van der Waals surface area contributed by atoms with Gasteiger partial charge in [0.25, 0.3) is 5.91 Å². The number of ether oxygens (including phenoxy) is 3. The lowest BCUT2D eigenvalue weighted by molar-refractivity contribution is 0.102. The number of benzene rings is 3. The van der Waals surface area contributed by atoms with Crippen molar-refractivity contribution in [1.29, 1.82) is 0 Å². The van der Waals surface area contributed by atoms with Crippen molar-refractivity contribution in [1.82, 2.24) is 10.2 Å². The molecule has 0 unspecified atom stereocenters. The highest BCUT2D eigenvalue weighted by Crippen LogP contribution is 2.33. The molecule has 1 aliphatic rings. The summed E-state index contributed by atoms with van der Waals surface area (Å²) in [7, 11) is 0. The van der Waals surface area contributed by atoms with Crippen molar-refractivity contribution < 1.29 is 32.2 Å². The van der Waals surface area contributed by atoms with Gasteiger partial charge in [-0.15, -0.1) is 0 Å². The molecule has 1 aliphatic heterocycles. The number of carbonyl (C=O) groups is 1. The van der Waals surface area contributed by atoms with Crippen LogP contribution in [0.25, 0.3) is 10.9 Å². The van der Waals surface area contributed by atoms with Crippen molar-refractivity contribution in [3.8, 4) is 17.2 Å². The van der Waals surface area contributed by atoms with Crippen molar-refractivity contribution in [2.45, 2.75) is 6.61 Å². The van der Waals surface area contributed by atoms with E-state index in [0.29, 0.717) is 34.0 Å². The third-order valence-electron chi connectivity index (χ3n) is 4.92. The number of carbonyl (C=O) groups excluding carboxylic acids is 1. The molecule has 2 heterocycles. The number of anilines is 1. The molecule has 4 aromatic rings. The Morgan fingerprint density at radius 3 is 2.72 bits per heavy atom. The van der Waals surface area contributed by atoms with Crippen LogP contribution < -0.4 is 19.5 Å². The maximum absolute atomic E-state index is 13.8. The molecule has 32 heavy (non-hydrogen) atoms. The first-order valence-electron chi connectivity index (χ1n) is 9.44. The van der Waals surface area contributed by atoms with Gasteiger partial charge < -0.3 is 19.5 Å². The molecule has 0 radical (unpaired) electrons. The molecule has 5 rings (SSSR count). The lowest BCUT2D eigenvalue weighted by Gasteiger charge is -2.09. The summed E-state index contributed by atoms with van der Waals surface area (Å²) in [6.45, 7) is -0.422. The van der Waals surface area contributed by atoms with Crippen LogP contribution in [0.15, 0.2) is 48.5 Å². The van der Waals surface area contributed by atoms with E-state index in [2.05, 4.69) is 15.5 Å². The fraction of sp³-hybridized carbons (Fsp3) is 0.0909. The van der Waals surface area contributed by atoms with E-state index in [9.17, 15) is 18.0 Å². The summed E-state index contributed by atoms with van der Waals surface area (Å²) in [5.41, 5.74) is 0.421. The highest BCUT2D eigenvalue weighted by molar-refractivity contribution is 6.08. The average Bonchev–Trinajstić information content (AvgIpc) is 3.42. The molecule has 7 nitrogen and oxygen atoms in total. The molecule has 2 N–H and O–H groups in total. The summed E-state index contributed by atoms with van der Waals surface area (Å²) >= 11 is 0. The molecule has 0 bridgehead atoms. The first-order valence-corrected chi connectivity index (χ1v) is 9.44. The molecule has 0 saturated heterocycles. The Balaban J connectivity index is 1.36.